The number of hydrogen-bond donors (Lipinski definition) is 1. The molecular formula is C17H28ClN3. The van der Waals surface area contributed by atoms with E-state index in [4.69, 9.17) is 17.3 Å². The monoisotopic (exact) mass is 309 g/mol. The van der Waals surface area contributed by atoms with Crippen molar-refractivity contribution in [3.8, 4) is 0 Å². The SMILES string of the molecule is CCC(N)C(c1ccccc1Cl)N1CCCN(C)CC1C. The molecule has 0 amide bonds. The number of hydrogen-bond acceptors (Lipinski definition) is 3. The summed E-state index contributed by atoms with van der Waals surface area (Å²) >= 11 is 6.46. The highest BCUT2D eigenvalue weighted by Crippen LogP contribution is 2.33. The van der Waals surface area contributed by atoms with Crippen LogP contribution in [0.1, 0.15) is 38.3 Å². The first-order valence-electron chi connectivity index (χ1n) is 7.98. The molecule has 21 heavy (non-hydrogen) atoms. The number of nitrogens with zero attached hydrogens (tertiary/aromatic N) is 2. The number of halogens is 1. The molecular weight excluding hydrogens is 282 g/mol. The van der Waals surface area contributed by atoms with Crippen LogP contribution >= 0.6 is 11.6 Å². The Hall–Kier alpha value is -0.610. The number of benzene rings is 1. The van der Waals surface area contributed by atoms with Crippen molar-refractivity contribution in [3.63, 3.8) is 0 Å². The number of nitrogens with two attached hydrogens (primary N) is 1. The van der Waals surface area contributed by atoms with Crippen LogP contribution in [-0.4, -0.2) is 48.6 Å². The van der Waals surface area contributed by atoms with E-state index in [1.165, 1.54) is 12.0 Å². The van der Waals surface area contributed by atoms with Crippen LogP contribution in [0.4, 0.5) is 0 Å². The fourth-order valence-corrected chi connectivity index (χ4v) is 3.65. The van der Waals surface area contributed by atoms with Gasteiger partial charge in [0.05, 0.1) is 6.04 Å². The fraction of sp³-hybridized carbons (Fsp3) is 0.647. The molecule has 1 aromatic carbocycles. The Morgan fingerprint density at radius 3 is 2.71 bits per heavy atom. The van der Waals surface area contributed by atoms with E-state index in [1.807, 2.05) is 12.1 Å². The van der Waals surface area contributed by atoms with Crippen molar-refractivity contribution in [1.82, 2.24) is 9.80 Å². The minimum atomic E-state index is 0.107. The van der Waals surface area contributed by atoms with Crippen LogP contribution in [0.2, 0.25) is 5.02 Å². The van der Waals surface area contributed by atoms with Gasteiger partial charge in [0.25, 0.3) is 0 Å². The van der Waals surface area contributed by atoms with Crippen molar-refractivity contribution in [2.24, 2.45) is 5.73 Å². The summed E-state index contributed by atoms with van der Waals surface area (Å²) in [5.74, 6) is 0. The topological polar surface area (TPSA) is 32.5 Å². The summed E-state index contributed by atoms with van der Waals surface area (Å²) in [7, 11) is 2.20. The smallest absolute Gasteiger partial charge is 0.0517 e. The van der Waals surface area contributed by atoms with Gasteiger partial charge in [0, 0.05) is 30.2 Å². The fourth-order valence-electron chi connectivity index (χ4n) is 3.40. The van der Waals surface area contributed by atoms with Gasteiger partial charge in [-0.05, 0) is 45.0 Å². The molecule has 3 atom stereocenters. The predicted octanol–water partition coefficient (Wildman–Crippen LogP) is 3.14. The van der Waals surface area contributed by atoms with Crippen LogP contribution in [0.3, 0.4) is 0 Å². The first kappa shape index (κ1) is 16.8. The molecule has 1 fully saturated rings. The number of likely N-dealkylation sites (N-methyl/N-ethyl adjacent to an activating group) is 1. The normalized spacial score (nSPS) is 24.5. The summed E-state index contributed by atoms with van der Waals surface area (Å²) in [6, 6.07) is 8.94. The molecule has 0 spiro atoms. The molecule has 1 aliphatic heterocycles. The molecule has 0 saturated carbocycles. The van der Waals surface area contributed by atoms with Gasteiger partial charge in [-0.15, -0.1) is 0 Å². The van der Waals surface area contributed by atoms with Crippen LogP contribution in [0.5, 0.6) is 0 Å². The summed E-state index contributed by atoms with van der Waals surface area (Å²) in [6.07, 6.45) is 2.13. The second-order valence-electron chi connectivity index (χ2n) is 6.24. The average Bonchev–Trinajstić information content (AvgIpc) is 2.62. The van der Waals surface area contributed by atoms with Gasteiger partial charge in [0.15, 0.2) is 0 Å². The summed E-state index contributed by atoms with van der Waals surface area (Å²) in [4.78, 5) is 4.96. The number of rotatable bonds is 4. The van der Waals surface area contributed by atoms with Crippen LogP contribution < -0.4 is 5.73 Å². The summed E-state index contributed by atoms with van der Waals surface area (Å²) in [5.41, 5.74) is 7.65. The third-order valence-corrected chi connectivity index (χ3v) is 4.90. The molecule has 2 N–H and O–H groups in total. The molecule has 0 aromatic heterocycles. The first-order valence-corrected chi connectivity index (χ1v) is 8.36. The highest BCUT2D eigenvalue weighted by atomic mass is 35.5. The predicted molar refractivity (Wildman–Crippen MR) is 90.7 cm³/mol. The van der Waals surface area contributed by atoms with E-state index < -0.39 is 0 Å². The minimum Gasteiger partial charge on any atom is -0.326 e. The molecule has 1 aromatic rings. The lowest BCUT2D eigenvalue weighted by Gasteiger charge is -2.39. The van der Waals surface area contributed by atoms with E-state index in [9.17, 15) is 0 Å². The van der Waals surface area contributed by atoms with Crippen molar-refractivity contribution >= 4 is 11.6 Å². The van der Waals surface area contributed by atoms with Crippen LogP contribution in [-0.2, 0) is 0 Å². The lowest BCUT2D eigenvalue weighted by Crippen LogP contribution is -2.47. The van der Waals surface area contributed by atoms with E-state index in [-0.39, 0.29) is 12.1 Å². The maximum absolute atomic E-state index is 6.48. The van der Waals surface area contributed by atoms with Gasteiger partial charge in [-0.25, -0.2) is 0 Å². The minimum absolute atomic E-state index is 0.107. The first-order chi connectivity index (χ1) is 10.0. The lowest BCUT2D eigenvalue weighted by atomic mass is 9.94. The zero-order valence-corrected chi connectivity index (χ0v) is 14.2. The molecule has 0 aliphatic carbocycles. The maximum atomic E-state index is 6.48. The van der Waals surface area contributed by atoms with E-state index in [1.54, 1.807) is 0 Å². The van der Waals surface area contributed by atoms with Gasteiger partial charge in [-0.2, -0.15) is 0 Å². The summed E-state index contributed by atoms with van der Waals surface area (Å²) < 4.78 is 0. The Kier molecular flexibility index (Phi) is 6.06. The van der Waals surface area contributed by atoms with Crippen molar-refractivity contribution in [3.05, 3.63) is 34.9 Å². The van der Waals surface area contributed by atoms with Gasteiger partial charge in [-0.1, -0.05) is 36.7 Å². The molecule has 1 heterocycles. The Labute approximate surface area is 134 Å². The van der Waals surface area contributed by atoms with Gasteiger partial charge in [-0.3, -0.25) is 4.90 Å². The Bertz CT molecular complexity index is 451. The Morgan fingerprint density at radius 1 is 1.33 bits per heavy atom. The molecule has 1 saturated heterocycles. The quantitative estimate of drug-likeness (QED) is 0.927. The molecule has 1 aliphatic rings. The van der Waals surface area contributed by atoms with E-state index in [2.05, 4.69) is 42.8 Å². The highest BCUT2D eigenvalue weighted by molar-refractivity contribution is 6.31. The van der Waals surface area contributed by atoms with Gasteiger partial charge < -0.3 is 10.6 Å². The van der Waals surface area contributed by atoms with Crippen LogP contribution in [0, 0.1) is 0 Å². The lowest BCUT2D eigenvalue weighted by molar-refractivity contribution is 0.122. The highest BCUT2D eigenvalue weighted by Gasteiger charge is 2.32. The van der Waals surface area contributed by atoms with Gasteiger partial charge >= 0.3 is 0 Å². The molecule has 2 rings (SSSR count). The van der Waals surface area contributed by atoms with Gasteiger partial charge in [0.2, 0.25) is 0 Å². The van der Waals surface area contributed by atoms with Gasteiger partial charge in [0.1, 0.15) is 0 Å². The molecule has 0 bridgehead atoms. The summed E-state index contributed by atoms with van der Waals surface area (Å²) in [5, 5.41) is 0.830. The van der Waals surface area contributed by atoms with Crippen molar-refractivity contribution in [1.29, 1.82) is 0 Å². The zero-order valence-electron chi connectivity index (χ0n) is 13.4. The standard InChI is InChI=1S/C17H28ClN3/c1-4-16(19)17(14-8-5-6-9-15(14)18)21-11-7-10-20(3)12-13(21)2/h5-6,8-9,13,16-17H,4,7,10-12,19H2,1-3H3. The largest absolute Gasteiger partial charge is 0.326 e. The molecule has 0 radical (unpaired) electrons. The Balaban J connectivity index is 2.33. The average molecular weight is 310 g/mol. The molecule has 118 valence electrons. The van der Waals surface area contributed by atoms with E-state index in [0.29, 0.717) is 6.04 Å². The van der Waals surface area contributed by atoms with Crippen LogP contribution in [0.25, 0.3) is 0 Å². The molecule has 4 heteroatoms. The van der Waals surface area contributed by atoms with Crippen molar-refractivity contribution in [2.45, 2.75) is 44.8 Å². The zero-order chi connectivity index (χ0) is 15.4. The molecule has 3 nitrogen and oxygen atoms in total. The van der Waals surface area contributed by atoms with Crippen molar-refractivity contribution in [2.75, 3.05) is 26.7 Å². The molecule has 3 unspecified atom stereocenters. The Morgan fingerprint density at radius 2 is 2.05 bits per heavy atom. The second kappa shape index (κ2) is 7.59. The van der Waals surface area contributed by atoms with Crippen LogP contribution in [0.15, 0.2) is 24.3 Å². The third-order valence-electron chi connectivity index (χ3n) is 4.56. The third kappa shape index (κ3) is 3.98. The summed E-state index contributed by atoms with van der Waals surface area (Å²) in [6.45, 7) is 7.76. The second-order valence-corrected chi connectivity index (χ2v) is 6.65. The maximum Gasteiger partial charge on any atom is 0.0517 e. The van der Waals surface area contributed by atoms with E-state index >= 15 is 0 Å². The van der Waals surface area contributed by atoms with Crippen molar-refractivity contribution < 1.29 is 0 Å². The van der Waals surface area contributed by atoms with E-state index in [0.717, 1.165) is 31.1 Å².